The fourth-order valence-electron chi connectivity index (χ4n) is 3.31. The summed E-state index contributed by atoms with van der Waals surface area (Å²) < 4.78 is 5.30. The number of carbonyl (C=O) groups excluding carboxylic acids is 1. The van der Waals surface area contributed by atoms with Crippen LogP contribution in [-0.4, -0.2) is 29.1 Å². The van der Waals surface area contributed by atoms with E-state index in [-0.39, 0.29) is 5.91 Å². The van der Waals surface area contributed by atoms with Crippen LogP contribution < -0.4 is 5.32 Å². The predicted octanol–water partition coefficient (Wildman–Crippen LogP) is 4.08. The van der Waals surface area contributed by atoms with Gasteiger partial charge >= 0.3 is 0 Å². The molecule has 6 heteroatoms. The van der Waals surface area contributed by atoms with Gasteiger partial charge in [0.25, 0.3) is 5.91 Å². The van der Waals surface area contributed by atoms with E-state index in [0.717, 1.165) is 35.8 Å². The highest BCUT2D eigenvalue weighted by Crippen LogP contribution is 2.37. The normalized spacial score (nSPS) is 18.2. The Bertz CT molecular complexity index is 715. The zero-order valence-electron chi connectivity index (χ0n) is 15.5. The van der Waals surface area contributed by atoms with Crippen LogP contribution in [-0.2, 0) is 6.54 Å². The first-order valence-corrected chi connectivity index (χ1v) is 9.81. The largest absolute Gasteiger partial charge is 0.361 e. The van der Waals surface area contributed by atoms with Crippen LogP contribution in [0.3, 0.4) is 0 Å². The molecule has 136 valence electrons. The average Bonchev–Trinajstić information content (AvgIpc) is 3.29. The quantitative estimate of drug-likeness (QED) is 0.842. The maximum Gasteiger partial charge on any atom is 0.261 e. The van der Waals surface area contributed by atoms with Gasteiger partial charge in [-0.3, -0.25) is 9.69 Å². The molecule has 0 aliphatic carbocycles. The summed E-state index contributed by atoms with van der Waals surface area (Å²) in [5, 5.41) is 7.07. The maximum atomic E-state index is 12.3. The fraction of sp³-hybridized carbons (Fsp3) is 0.579. The molecular formula is C19H27N3O2S. The molecule has 0 unspecified atom stereocenters. The monoisotopic (exact) mass is 361 g/mol. The van der Waals surface area contributed by atoms with Crippen LogP contribution in [0, 0.1) is 19.8 Å². The van der Waals surface area contributed by atoms with Crippen molar-refractivity contribution >= 4 is 17.2 Å². The van der Waals surface area contributed by atoms with E-state index < -0.39 is 0 Å². The number of aryl methyl sites for hydroxylation is 2. The van der Waals surface area contributed by atoms with Crippen molar-refractivity contribution in [2.24, 2.45) is 5.92 Å². The Morgan fingerprint density at radius 2 is 2.24 bits per heavy atom. The number of likely N-dealkylation sites (tertiary alicyclic amines) is 1. The van der Waals surface area contributed by atoms with E-state index >= 15 is 0 Å². The Hall–Kier alpha value is -1.66. The summed E-state index contributed by atoms with van der Waals surface area (Å²) in [5.74, 6) is 1.41. The third-order valence-electron chi connectivity index (χ3n) is 4.76. The molecule has 1 N–H and O–H groups in total. The van der Waals surface area contributed by atoms with Crippen LogP contribution in [0.15, 0.2) is 16.7 Å². The van der Waals surface area contributed by atoms with Crippen molar-refractivity contribution in [3.8, 4) is 0 Å². The molecule has 1 aliphatic rings. The van der Waals surface area contributed by atoms with Gasteiger partial charge in [0.2, 0.25) is 0 Å². The molecule has 2 aromatic heterocycles. The summed E-state index contributed by atoms with van der Waals surface area (Å²) in [5.41, 5.74) is 2.17. The van der Waals surface area contributed by atoms with E-state index in [1.807, 2.05) is 19.9 Å². The Balaban J connectivity index is 1.69. The highest BCUT2D eigenvalue weighted by atomic mass is 32.1. The number of amides is 1. The SMILES string of the molecule is Cc1noc(C)c1CN1CCC[C@H]1c1ccc(C(=O)NCC(C)C)s1. The second-order valence-corrected chi connectivity index (χ2v) is 8.35. The second kappa shape index (κ2) is 7.70. The van der Waals surface area contributed by atoms with Gasteiger partial charge in [-0.1, -0.05) is 19.0 Å². The summed E-state index contributed by atoms with van der Waals surface area (Å²) in [7, 11) is 0. The third kappa shape index (κ3) is 4.12. The molecule has 0 saturated carbocycles. The first-order valence-electron chi connectivity index (χ1n) is 8.99. The number of carbonyl (C=O) groups is 1. The number of rotatable bonds is 6. The van der Waals surface area contributed by atoms with E-state index in [1.165, 1.54) is 16.9 Å². The molecule has 1 amide bonds. The summed E-state index contributed by atoms with van der Waals surface area (Å²) in [4.78, 5) is 16.8. The molecule has 0 radical (unpaired) electrons. The number of aromatic nitrogens is 1. The Morgan fingerprint density at radius 1 is 1.44 bits per heavy atom. The van der Waals surface area contributed by atoms with Crippen LogP contribution in [0.4, 0.5) is 0 Å². The van der Waals surface area contributed by atoms with Crippen LogP contribution >= 0.6 is 11.3 Å². The lowest BCUT2D eigenvalue weighted by atomic mass is 10.1. The van der Waals surface area contributed by atoms with Gasteiger partial charge in [-0.2, -0.15) is 0 Å². The summed E-state index contributed by atoms with van der Waals surface area (Å²) in [6.45, 7) is 10.8. The van der Waals surface area contributed by atoms with Gasteiger partial charge in [0.15, 0.2) is 0 Å². The van der Waals surface area contributed by atoms with Crippen LogP contribution in [0.1, 0.15) is 64.3 Å². The number of hydrogen-bond donors (Lipinski definition) is 1. The molecule has 0 spiro atoms. The highest BCUT2D eigenvalue weighted by molar-refractivity contribution is 7.14. The molecule has 1 saturated heterocycles. The molecule has 2 aromatic rings. The van der Waals surface area contributed by atoms with Gasteiger partial charge in [0, 0.05) is 29.6 Å². The summed E-state index contributed by atoms with van der Waals surface area (Å²) in [6, 6.07) is 4.46. The first kappa shape index (κ1) is 18.1. The van der Waals surface area contributed by atoms with Crippen molar-refractivity contribution < 1.29 is 9.32 Å². The van der Waals surface area contributed by atoms with Crippen molar-refractivity contribution in [2.45, 2.75) is 53.1 Å². The van der Waals surface area contributed by atoms with Gasteiger partial charge < -0.3 is 9.84 Å². The zero-order chi connectivity index (χ0) is 18.0. The number of nitrogens with one attached hydrogen (secondary N) is 1. The van der Waals surface area contributed by atoms with Crippen molar-refractivity contribution in [3.63, 3.8) is 0 Å². The van der Waals surface area contributed by atoms with Crippen molar-refractivity contribution in [3.05, 3.63) is 38.9 Å². The van der Waals surface area contributed by atoms with E-state index in [4.69, 9.17) is 4.52 Å². The van der Waals surface area contributed by atoms with Gasteiger partial charge in [-0.25, -0.2) is 0 Å². The molecule has 0 bridgehead atoms. The predicted molar refractivity (Wildman–Crippen MR) is 99.9 cm³/mol. The van der Waals surface area contributed by atoms with E-state index in [0.29, 0.717) is 18.5 Å². The van der Waals surface area contributed by atoms with Crippen LogP contribution in [0.5, 0.6) is 0 Å². The first-order chi connectivity index (χ1) is 12.0. The minimum atomic E-state index is 0.0419. The van der Waals surface area contributed by atoms with Gasteiger partial charge in [-0.15, -0.1) is 11.3 Å². The van der Waals surface area contributed by atoms with E-state index in [9.17, 15) is 4.79 Å². The molecule has 5 nitrogen and oxygen atoms in total. The fourth-order valence-corrected chi connectivity index (χ4v) is 4.40. The highest BCUT2D eigenvalue weighted by Gasteiger charge is 2.29. The topological polar surface area (TPSA) is 58.4 Å². The van der Waals surface area contributed by atoms with E-state index in [2.05, 4.69) is 35.3 Å². The van der Waals surface area contributed by atoms with Crippen molar-refractivity contribution in [1.82, 2.24) is 15.4 Å². The molecule has 1 atom stereocenters. The van der Waals surface area contributed by atoms with Crippen molar-refractivity contribution in [2.75, 3.05) is 13.1 Å². The molecule has 3 rings (SSSR count). The van der Waals surface area contributed by atoms with Crippen LogP contribution in [0.25, 0.3) is 0 Å². The lowest BCUT2D eigenvalue weighted by Gasteiger charge is -2.23. The van der Waals surface area contributed by atoms with E-state index in [1.54, 1.807) is 11.3 Å². The Kier molecular flexibility index (Phi) is 5.59. The van der Waals surface area contributed by atoms with Gasteiger partial charge in [0.1, 0.15) is 5.76 Å². The zero-order valence-corrected chi connectivity index (χ0v) is 16.3. The molecule has 1 aliphatic heterocycles. The summed E-state index contributed by atoms with van der Waals surface area (Å²) >= 11 is 1.62. The minimum absolute atomic E-state index is 0.0419. The number of hydrogen-bond acceptors (Lipinski definition) is 5. The lowest BCUT2D eigenvalue weighted by Crippen LogP contribution is -2.26. The van der Waals surface area contributed by atoms with Crippen LogP contribution in [0.2, 0.25) is 0 Å². The van der Waals surface area contributed by atoms with Gasteiger partial charge in [0.05, 0.1) is 10.6 Å². The molecule has 3 heterocycles. The second-order valence-electron chi connectivity index (χ2n) is 7.24. The number of nitrogens with zero attached hydrogens (tertiary/aromatic N) is 2. The Morgan fingerprint density at radius 3 is 2.92 bits per heavy atom. The smallest absolute Gasteiger partial charge is 0.261 e. The summed E-state index contributed by atoms with van der Waals surface area (Å²) in [6.07, 6.45) is 2.32. The minimum Gasteiger partial charge on any atom is -0.361 e. The van der Waals surface area contributed by atoms with Gasteiger partial charge in [-0.05, 0) is 51.3 Å². The van der Waals surface area contributed by atoms with Crippen molar-refractivity contribution in [1.29, 1.82) is 0 Å². The molecule has 25 heavy (non-hydrogen) atoms. The standard InChI is InChI=1S/C19H27N3O2S/c1-12(2)10-20-19(23)18-8-7-17(25-18)16-6-5-9-22(16)11-15-13(3)21-24-14(15)4/h7-8,12,16H,5-6,9-11H2,1-4H3,(H,20,23)/t16-/m0/s1. The molecule has 0 aromatic carbocycles. The molecule has 1 fully saturated rings. The number of thiophene rings is 1. The lowest BCUT2D eigenvalue weighted by molar-refractivity contribution is 0.0953. The Labute approximate surface area is 153 Å². The maximum absolute atomic E-state index is 12.3. The average molecular weight is 362 g/mol. The molecular weight excluding hydrogens is 334 g/mol. The third-order valence-corrected chi connectivity index (χ3v) is 5.94.